The molecule has 24 heavy (non-hydrogen) atoms. The average molecular weight is 367 g/mol. The van der Waals surface area contributed by atoms with Gasteiger partial charge in [0, 0.05) is 27.6 Å². The number of halogens is 1. The van der Waals surface area contributed by atoms with Gasteiger partial charge in [-0.3, -0.25) is 4.79 Å². The third-order valence-corrected chi connectivity index (χ3v) is 4.80. The second-order valence-electron chi connectivity index (χ2n) is 5.36. The first kappa shape index (κ1) is 17.0. The normalized spacial score (nSPS) is 13.3. The number of Topliss-reactive ketones (excluding diaryl/α,β-unsaturated/α-hetero) is 1. The molecule has 2 aromatic rings. The molecule has 0 saturated carbocycles. The molecule has 2 heterocycles. The minimum Gasteiger partial charge on any atom is -0.467 e. The van der Waals surface area contributed by atoms with Gasteiger partial charge in [0.2, 0.25) is 0 Å². The number of fused-ring (bicyclic) bond motifs is 1. The molecule has 8 heteroatoms. The largest absolute Gasteiger partial charge is 0.467 e. The smallest absolute Gasteiger partial charge is 0.346 e. The van der Waals surface area contributed by atoms with Crippen LogP contribution in [-0.2, 0) is 17.1 Å². The average Bonchev–Trinajstić information content (AvgIpc) is 2.51. The number of thioether (sulfide) groups is 1. The van der Waals surface area contributed by atoms with Crippen LogP contribution in [0.4, 0.5) is 0 Å². The molecular formula is C16H15ClN2O4S. The lowest BCUT2D eigenvalue weighted by Crippen LogP contribution is -2.17. The summed E-state index contributed by atoms with van der Waals surface area (Å²) in [6, 6.07) is 3.62. The van der Waals surface area contributed by atoms with Crippen molar-refractivity contribution in [1.29, 1.82) is 0 Å². The SMILES string of the molecule is CC(=O)c1c(SCc2cc(Cl)cc3c2OCOC3)nc(=O)[nH]c1C. The van der Waals surface area contributed by atoms with Crippen LogP contribution in [0.1, 0.15) is 34.1 Å². The number of hydrogen-bond donors (Lipinski definition) is 1. The van der Waals surface area contributed by atoms with E-state index in [1.807, 2.05) is 6.07 Å². The molecule has 0 radical (unpaired) electrons. The Hall–Kier alpha value is -1.83. The standard InChI is InChI=1S/C16H15ClN2O4S/c1-8-13(9(2)20)15(19-16(21)18-8)24-6-11-4-12(17)3-10-5-22-7-23-14(10)11/h3-4H,5-7H2,1-2H3,(H,18,19,21). The van der Waals surface area contributed by atoms with Crippen LogP contribution in [0.25, 0.3) is 0 Å². The number of nitrogens with zero attached hydrogens (tertiary/aromatic N) is 1. The quantitative estimate of drug-likeness (QED) is 0.508. The molecule has 0 unspecified atom stereocenters. The van der Waals surface area contributed by atoms with Crippen LogP contribution in [0.2, 0.25) is 5.02 Å². The summed E-state index contributed by atoms with van der Waals surface area (Å²) >= 11 is 7.46. The summed E-state index contributed by atoms with van der Waals surface area (Å²) in [5, 5.41) is 0.991. The Labute approximate surface area is 147 Å². The highest BCUT2D eigenvalue weighted by molar-refractivity contribution is 7.98. The van der Waals surface area contributed by atoms with E-state index in [2.05, 4.69) is 9.97 Å². The van der Waals surface area contributed by atoms with E-state index in [0.717, 1.165) is 16.9 Å². The first-order valence-electron chi connectivity index (χ1n) is 7.22. The molecule has 0 fully saturated rings. The van der Waals surface area contributed by atoms with Crippen molar-refractivity contribution < 1.29 is 14.3 Å². The van der Waals surface area contributed by atoms with E-state index >= 15 is 0 Å². The van der Waals surface area contributed by atoms with Crippen LogP contribution >= 0.6 is 23.4 Å². The maximum absolute atomic E-state index is 11.9. The summed E-state index contributed by atoms with van der Waals surface area (Å²) in [5.41, 5.74) is 2.23. The molecule has 1 aromatic heterocycles. The lowest BCUT2D eigenvalue weighted by atomic mass is 10.1. The van der Waals surface area contributed by atoms with Crippen molar-refractivity contribution in [2.24, 2.45) is 0 Å². The van der Waals surface area contributed by atoms with Crippen LogP contribution in [-0.4, -0.2) is 22.5 Å². The van der Waals surface area contributed by atoms with Gasteiger partial charge in [0.05, 0.1) is 12.2 Å². The lowest BCUT2D eigenvalue weighted by molar-refractivity contribution is -0.0168. The van der Waals surface area contributed by atoms with Crippen LogP contribution in [0, 0.1) is 6.92 Å². The number of ether oxygens (including phenoxy) is 2. The molecule has 1 aliphatic heterocycles. The Morgan fingerprint density at radius 1 is 1.46 bits per heavy atom. The number of rotatable bonds is 4. The number of carbonyl (C=O) groups is 1. The third-order valence-electron chi connectivity index (χ3n) is 3.55. The minimum absolute atomic E-state index is 0.142. The van der Waals surface area contributed by atoms with E-state index in [1.165, 1.54) is 18.7 Å². The molecule has 0 saturated heterocycles. The van der Waals surface area contributed by atoms with Gasteiger partial charge < -0.3 is 14.5 Å². The topological polar surface area (TPSA) is 81.3 Å². The number of carbonyl (C=O) groups excluding carboxylic acids is 1. The van der Waals surface area contributed by atoms with Crippen molar-refractivity contribution in [3.63, 3.8) is 0 Å². The molecule has 6 nitrogen and oxygen atoms in total. The van der Waals surface area contributed by atoms with Gasteiger partial charge in [-0.2, -0.15) is 4.98 Å². The maximum atomic E-state index is 11.9. The lowest BCUT2D eigenvalue weighted by Gasteiger charge is -2.21. The van der Waals surface area contributed by atoms with Gasteiger partial charge in [0.1, 0.15) is 10.8 Å². The Morgan fingerprint density at radius 2 is 2.25 bits per heavy atom. The Morgan fingerprint density at radius 3 is 3.00 bits per heavy atom. The van der Waals surface area contributed by atoms with Crippen LogP contribution < -0.4 is 10.4 Å². The molecular weight excluding hydrogens is 352 g/mol. The van der Waals surface area contributed by atoms with Gasteiger partial charge in [0.25, 0.3) is 0 Å². The number of nitrogens with one attached hydrogen (secondary N) is 1. The molecule has 0 aliphatic carbocycles. The van der Waals surface area contributed by atoms with Gasteiger partial charge in [-0.15, -0.1) is 11.8 Å². The summed E-state index contributed by atoms with van der Waals surface area (Å²) < 4.78 is 10.8. The van der Waals surface area contributed by atoms with Crippen molar-refractivity contribution in [3.8, 4) is 5.75 Å². The van der Waals surface area contributed by atoms with E-state index in [-0.39, 0.29) is 12.6 Å². The zero-order valence-corrected chi connectivity index (χ0v) is 14.7. The highest BCUT2D eigenvalue weighted by Crippen LogP contribution is 2.35. The fraction of sp³-hybridized carbons (Fsp3) is 0.312. The molecule has 1 aromatic carbocycles. The van der Waals surface area contributed by atoms with Crippen molar-refractivity contribution >= 4 is 29.1 Å². The second kappa shape index (κ2) is 6.96. The van der Waals surface area contributed by atoms with E-state index < -0.39 is 5.69 Å². The maximum Gasteiger partial charge on any atom is 0.346 e. The van der Waals surface area contributed by atoms with Gasteiger partial charge in [-0.25, -0.2) is 4.79 Å². The predicted molar refractivity (Wildman–Crippen MR) is 90.9 cm³/mol. The summed E-state index contributed by atoms with van der Waals surface area (Å²) in [7, 11) is 0. The molecule has 1 N–H and O–H groups in total. The summed E-state index contributed by atoms with van der Waals surface area (Å²) in [6.45, 7) is 3.77. The van der Waals surface area contributed by atoms with Gasteiger partial charge in [-0.1, -0.05) is 11.6 Å². The van der Waals surface area contributed by atoms with E-state index in [1.54, 1.807) is 13.0 Å². The number of aryl methyl sites for hydroxylation is 1. The first-order chi connectivity index (χ1) is 11.5. The molecule has 0 spiro atoms. The number of ketones is 1. The second-order valence-corrected chi connectivity index (χ2v) is 6.76. The summed E-state index contributed by atoms with van der Waals surface area (Å²) in [4.78, 5) is 30.0. The predicted octanol–water partition coefficient (Wildman–Crippen LogP) is 3.09. The van der Waals surface area contributed by atoms with Gasteiger partial charge >= 0.3 is 5.69 Å². The van der Waals surface area contributed by atoms with Crippen LogP contribution in [0.3, 0.4) is 0 Å². The first-order valence-corrected chi connectivity index (χ1v) is 8.58. The Balaban J connectivity index is 1.94. The Kier molecular flexibility index (Phi) is 4.93. The van der Waals surface area contributed by atoms with Gasteiger partial charge in [0.15, 0.2) is 12.6 Å². The molecule has 3 rings (SSSR count). The third kappa shape index (κ3) is 3.48. The van der Waals surface area contributed by atoms with Crippen molar-refractivity contribution in [3.05, 3.63) is 50.0 Å². The van der Waals surface area contributed by atoms with E-state index in [4.69, 9.17) is 21.1 Å². The molecule has 0 bridgehead atoms. The minimum atomic E-state index is -0.474. The van der Waals surface area contributed by atoms with Crippen molar-refractivity contribution in [2.75, 3.05) is 6.79 Å². The van der Waals surface area contributed by atoms with Crippen LogP contribution in [0.5, 0.6) is 5.75 Å². The zero-order chi connectivity index (χ0) is 17.3. The number of aromatic amines is 1. The number of benzene rings is 1. The van der Waals surface area contributed by atoms with Crippen molar-refractivity contribution in [1.82, 2.24) is 9.97 Å². The van der Waals surface area contributed by atoms with Crippen molar-refractivity contribution in [2.45, 2.75) is 31.2 Å². The number of aromatic nitrogens is 2. The van der Waals surface area contributed by atoms with E-state index in [9.17, 15) is 9.59 Å². The fourth-order valence-corrected chi connectivity index (χ4v) is 3.95. The Bertz CT molecular complexity index is 866. The molecule has 126 valence electrons. The molecule has 0 atom stereocenters. The molecule has 1 aliphatic rings. The van der Waals surface area contributed by atoms with Crippen LogP contribution in [0.15, 0.2) is 22.0 Å². The highest BCUT2D eigenvalue weighted by atomic mass is 35.5. The number of H-pyrrole nitrogens is 1. The fourth-order valence-electron chi connectivity index (χ4n) is 2.59. The van der Waals surface area contributed by atoms with Gasteiger partial charge in [-0.05, 0) is 26.0 Å². The number of hydrogen-bond acceptors (Lipinski definition) is 6. The monoisotopic (exact) mass is 366 g/mol. The van der Waals surface area contributed by atoms with E-state index in [0.29, 0.717) is 33.7 Å². The highest BCUT2D eigenvalue weighted by Gasteiger charge is 2.19. The molecule has 0 amide bonds. The zero-order valence-electron chi connectivity index (χ0n) is 13.1. The summed E-state index contributed by atoms with van der Waals surface area (Å²) in [5.74, 6) is 1.07. The summed E-state index contributed by atoms with van der Waals surface area (Å²) in [6.07, 6.45) is 0.